The summed E-state index contributed by atoms with van der Waals surface area (Å²) in [6.45, 7) is -0.421. The van der Waals surface area contributed by atoms with Crippen LogP contribution in [0.2, 0.25) is 0 Å². The van der Waals surface area contributed by atoms with Crippen LogP contribution >= 0.6 is 11.3 Å². The Morgan fingerprint density at radius 3 is 2.72 bits per heavy atom. The molecule has 5 amide bonds. The maximum atomic E-state index is 13.4. The van der Waals surface area contributed by atoms with E-state index < -0.39 is 35.8 Å². The first-order valence-corrected chi connectivity index (χ1v) is 11.7. The number of hydrogen-bond acceptors (Lipinski definition) is 5. The summed E-state index contributed by atoms with van der Waals surface area (Å²) >= 11 is 1.35. The molecular weight excluding hydrogens is 428 g/mol. The summed E-state index contributed by atoms with van der Waals surface area (Å²) in [6, 6.07) is 7.02. The summed E-state index contributed by atoms with van der Waals surface area (Å²) in [7, 11) is 0. The monoisotopic (exact) mass is 452 g/mol. The van der Waals surface area contributed by atoms with Crippen LogP contribution in [0.15, 0.2) is 24.3 Å². The van der Waals surface area contributed by atoms with E-state index in [1.807, 2.05) is 24.3 Å². The number of carbonyl (C=O) groups is 4. The number of anilines is 1. The molecule has 0 unspecified atom stereocenters. The van der Waals surface area contributed by atoms with Crippen molar-refractivity contribution in [3.63, 3.8) is 0 Å². The Morgan fingerprint density at radius 2 is 1.91 bits per heavy atom. The van der Waals surface area contributed by atoms with Crippen LogP contribution in [0.1, 0.15) is 57.6 Å². The third-order valence-electron chi connectivity index (χ3n) is 6.62. The molecule has 1 spiro atoms. The molecule has 166 valence electrons. The van der Waals surface area contributed by atoms with E-state index in [1.54, 1.807) is 0 Å². The molecule has 1 aliphatic heterocycles. The summed E-state index contributed by atoms with van der Waals surface area (Å²) < 4.78 is 0. The lowest BCUT2D eigenvalue weighted by Gasteiger charge is -2.33. The molecule has 2 aliphatic carbocycles. The number of primary amides is 1. The number of fused-ring (bicyclic) bond motifs is 3. The van der Waals surface area contributed by atoms with Crippen molar-refractivity contribution in [2.75, 3.05) is 11.9 Å². The highest BCUT2D eigenvalue weighted by Gasteiger charge is 2.54. The van der Waals surface area contributed by atoms with E-state index in [0.717, 1.165) is 65.0 Å². The Morgan fingerprint density at radius 1 is 1.12 bits per heavy atom. The van der Waals surface area contributed by atoms with Crippen molar-refractivity contribution in [3.05, 3.63) is 51.4 Å². The van der Waals surface area contributed by atoms with Crippen LogP contribution in [-0.4, -0.2) is 35.2 Å². The zero-order valence-corrected chi connectivity index (χ0v) is 18.3. The van der Waals surface area contributed by atoms with E-state index in [2.05, 4.69) is 10.6 Å². The zero-order valence-electron chi connectivity index (χ0n) is 17.5. The minimum atomic E-state index is -1.12. The molecule has 9 heteroatoms. The lowest BCUT2D eigenvalue weighted by Crippen LogP contribution is -2.47. The number of aryl methyl sites for hydroxylation is 2. The van der Waals surface area contributed by atoms with Gasteiger partial charge in [0.1, 0.15) is 17.1 Å². The van der Waals surface area contributed by atoms with Crippen molar-refractivity contribution >= 4 is 40.1 Å². The van der Waals surface area contributed by atoms with E-state index in [1.165, 1.54) is 11.3 Å². The van der Waals surface area contributed by atoms with E-state index >= 15 is 0 Å². The number of hydrogen-bond donors (Lipinski definition) is 3. The third-order valence-corrected chi connectivity index (χ3v) is 7.83. The van der Waals surface area contributed by atoms with Crippen molar-refractivity contribution in [3.8, 4) is 0 Å². The number of carbonyl (C=O) groups excluding carboxylic acids is 4. The predicted molar refractivity (Wildman–Crippen MR) is 119 cm³/mol. The van der Waals surface area contributed by atoms with Crippen LogP contribution < -0.4 is 16.4 Å². The van der Waals surface area contributed by atoms with Gasteiger partial charge < -0.3 is 16.4 Å². The molecule has 8 nitrogen and oxygen atoms in total. The number of imide groups is 1. The Labute approximate surface area is 189 Å². The predicted octanol–water partition coefficient (Wildman–Crippen LogP) is 2.45. The summed E-state index contributed by atoms with van der Waals surface area (Å²) in [5, 5.41) is 5.98. The maximum Gasteiger partial charge on any atom is 0.325 e. The highest BCUT2D eigenvalue weighted by Crippen LogP contribution is 2.40. The van der Waals surface area contributed by atoms with Crippen LogP contribution in [0, 0.1) is 0 Å². The number of nitrogens with two attached hydrogens (primary N) is 1. The Kier molecular flexibility index (Phi) is 5.00. The van der Waals surface area contributed by atoms with Gasteiger partial charge in [0.2, 0.25) is 5.91 Å². The lowest BCUT2D eigenvalue weighted by molar-refractivity contribution is -0.134. The van der Waals surface area contributed by atoms with Gasteiger partial charge in [0.25, 0.3) is 11.8 Å². The molecule has 5 rings (SSSR count). The van der Waals surface area contributed by atoms with Gasteiger partial charge in [-0.3, -0.25) is 19.3 Å². The van der Waals surface area contributed by atoms with Gasteiger partial charge in [0.15, 0.2) is 0 Å². The molecule has 2 aromatic rings. The van der Waals surface area contributed by atoms with E-state index in [4.69, 9.17) is 5.73 Å². The first-order valence-electron chi connectivity index (χ1n) is 10.9. The van der Waals surface area contributed by atoms with Gasteiger partial charge >= 0.3 is 6.03 Å². The lowest BCUT2D eigenvalue weighted by atomic mass is 9.76. The topological polar surface area (TPSA) is 122 Å². The second-order valence-electron chi connectivity index (χ2n) is 8.56. The van der Waals surface area contributed by atoms with Gasteiger partial charge in [-0.2, -0.15) is 0 Å². The van der Waals surface area contributed by atoms with E-state index in [9.17, 15) is 19.2 Å². The number of nitrogens with zero attached hydrogens (tertiary/aromatic N) is 1. The molecule has 1 atom stereocenters. The second kappa shape index (κ2) is 7.74. The van der Waals surface area contributed by atoms with Crippen LogP contribution in [-0.2, 0) is 34.4 Å². The van der Waals surface area contributed by atoms with Crippen LogP contribution in [0.4, 0.5) is 9.80 Å². The van der Waals surface area contributed by atoms with Gasteiger partial charge in [-0.05, 0) is 61.6 Å². The van der Waals surface area contributed by atoms with E-state index in [0.29, 0.717) is 17.0 Å². The molecule has 1 fully saturated rings. The molecule has 4 N–H and O–H groups in total. The van der Waals surface area contributed by atoms with Gasteiger partial charge in [0.05, 0.1) is 5.56 Å². The van der Waals surface area contributed by atoms with Crippen molar-refractivity contribution in [1.82, 2.24) is 10.2 Å². The largest absolute Gasteiger partial charge is 0.365 e. The Hall–Kier alpha value is -3.20. The fraction of sp³-hybridized carbons (Fsp3) is 0.391. The summed E-state index contributed by atoms with van der Waals surface area (Å²) in [5.41, 5.74) is 7.58. The van der Waals surface area contributed by atoms with Gasteiger partial charge in [-0.15, -0.1) is 11.3 Å². The van der Waals surface area contributed by atoms with Crippen molar-refractivity contribution in [1.29, 1.82) is 0 Å². The number of nitrogens with one attached hydrogen (secondary N) is 2. The summed E-state index contributed by atoms with van der Waals surface area (Å²) in [5.74, 6) is -1.52. The second-order valence-corrected chi connectivity index (χ2v) is 9.67. The third kappa shape index (κ3) is 3.19. The first kappa shape index (κ1) is 20.7. The smallest absolute Gasteiger partial charge is 0.325 e. The molecular formula is C23H24N4O4S. The SMILES string of the molecule is NC(=O)c1c(NC(=O)CN2C(=O)N[C@@]3(CCCc4ccccc43)C2=O)sc2c1CCCC2. The van der Waals surface area contributed by atoms with Crippen molar-refractivity contribution in [2.45, 2.75) is 50.5 Å². The molecule has 1 saturated heterocycles. The standard InChI is InChI=1S/C23H24N4O4S/c24-19(29)18-14-8-2-4-10-16(14)32-20(18)25-17(28)12-27-21(30)23(26-22(27)31)11-5-7-13-6-1-3-9-15(13)23/h1,3,6,9H,2,4-5,7-8,10-12H2,(H2,24,29)(H,25,28)(H,26,31)/t23-/m1/s1. The Balaban J connectivity index is 1.37. The number of rotatable bonds is 4. The molecule has 3 aliphatic rings. The fourth-order valence-electron chi connectivity index (χ4n) is 5.18. The van der Waals surface area contributed by atoms with E-state index in [-0.39, 0.29) is 0 Å². The van der Waals surface area contributed by atoms with Crippen LogP contribution in [0.5, 0.6) is 0 Å². The summed E-state index contributed by atoms with van der Waals surface area (Å²) in [4.78, 5) is 53.0. The fourth-order valence-corrected chi connectivity index (χ4v) is 6.49. The number of amides is 5. The maximum absolute atomic E-state index is 13.4. The minimum Gasteiger partial charge on any atom is -0.365 e. The first-order chi connectivity index (χ1) is 15.4. The molecule has 0 saturated carbocycles. The van der Waals surface area contributed by atoms with Crippen molar-refractivity contribution < 1.29 is 19.2 Å². The van der Waals surface area contributed by atoms with Gasteiger partial charge in [-0.25, -0.2) is 4.79 Å². The quantitative estimate of drug-likeness (QED) is 0.617. The molecule has 2 heterocycles. The molecule has 1 aromatic heterocycles. The average molecular weight is 453 g/mol. The van der Waals surface area contributed by atoms with Crippen molar-refractivity contribution in [2.24, 2.45) is 5.73 Å². The number of benzene rings is 1. The molecule has 0 radical (unpaired) electrons. The normalized spacial score (nSPS) is 21.8. The van der Waals surface area contributed by atoms with Crippen LogP contribution in [0.25, 0.3) is 0 Å². The molecule has 1 aromatic carbocycles. The Bertz CT molecular complexity index is 1160. The number of thiophene rings is 1. The van der Waals surface area contributed by atoms with Crippen LogP contribution in [0.3, 0.4) is 0 Å². The van der Waals surface area contributed by atoms with Gasteiger partial charge in [0, 0.05) is 4.88 Å². The summed E-state index contributed by atoms with van der Waals surface area (Å²) in [6.07, 6.45) is 5.73. The minimum absolute atomic E-state index is 0.355. The highest BCUT2D eigenvalue weighted by atomic mass is 32.1. The molecule has 0 bridgehead atoms. The average Bonchev–Trinajstić information content (AvgIpc) is 3.24. The highest BCUT2D eigenvalue weighted by molar-refractivity contribution is 7.17. The zero-order chi connectivity index (χ0) is 22.5. The number of urea groups is 1. The van der Waals surface area contributed by atoms with Gasteiger partial charge in [-0.1, -0.05) is 24.3 Å². The molecule has 32 heavy (non-hydrogen) atoms.